The molecular formula is C13H11F3N2O2. The Morgan fingerprint density at radius 2 is 1.90 bits per heavy atom. The van der Waals surface area contributed by atoms with Crippen LogP contribution in [0.1, 0.15) is 27.2 Å². The van der Waals surface area contributed by atoms with Crippen LogP contribution in [0.15, 0.2) is 24.4 Å². The highest BCUT2D eigenvalue weighted by Crippen LogP contribution is 2.33. The fourth-order valence-electron chi connectivity index (χ4n) is 1.86. The third-order valence-corrected chi connectivity index (χ3v) is 2.89. The van der Waals surface area contributed by atoms with Gasteiger partial charge in [-0.15, -0.1) is 0 Å². The van der Waals surface area contributed by atoms with Gasteiger partial charge in [0.25, 0.3) is 0 Å². The van der Waals surface area contributed by atoms with Crippen molar-refractivity contribution in [3.8, 4) is 5.69 Å². The summed E-state index contributed by atoms with van der Waals surface area (Å²) in [5, 5.41) is 12.7. The number of aromatic nitrogens is 2. The molecule has 0 fully saturated rings. The number of benzene rings is 1. The van der Waals surface area contributed by atoms with Gasteiger partial charge in [-0.1, -0.05) is 6.07 Å². The second kappa shape index (κ2) is 4.66. The molecular weight excluding hydrogens is 273 g/mol. The summed E-state index contributed by atoms with van der Waals surface area (Å²) in [6, 6.07) is 3.74. The van der Waals surface area contributed by atoms with Crippen molar-refractivity contribution in [2.24, 2.45) is 0 Å². The van der Waals surface area contributed by atoms with Crippen molar-refractivity contribution in [2.45, 2.75) is 20.0 Å². The molecule has 1 N–H and O–H groups in total. The molecule has 7 heteroatoms. The van der Waals surface area contributed by atoms with Crippen molar-refractivity contribution in [3.05, 3.63) is 46.8 Å². The predicted molar refractivity (Wildman–Crippen MR) is 65.0 cm³/mol. The molecule has 0 saturated carbocycles. The van der Waals surface area contributed by atoms with Crippen molar-refractivity contribution in [2.75, 3.05) is 0 Å². The largest absolute Gasteiger partial charge is 0.476 e. The number of hydrogen-bond donors (Lipinski definition) is 1. The molecule has 0 atom stereocenters. The van der Waals surface area contributed by atoms with E-state index in [1.165, 1.54) is 32.2 Å². The van der Waals surface area contributed by atoms with Crippen LogP contribution in [0.25, 0.3) is 5.69 Å². The summed E-state index contributed by atoms with van der Waals surface area (Å²) < 4.78 is 39.6. The number of carboxylic acids is 1. The number of aromatic carboxylic acids is 1. The van der Waals surface area contributed by atoms with Gasteiger partial charge < -0.3 is 5.11 Å². The maximum atomic E-state index is 12.8. The maximum Gasteiger partial charge on any atom is 0.416 e. The molecule has 0 aliphatic heterocycles. The van der Waals surface area contributed by atoms with Crippen LogP contribution >= 0.6 is 0 Å². The number of carbonyl (C=O) groups is 1. The molecule has 20 heavy (non-hydrogen) atoms. The Morgan fingerprint density at radius 1 is 1.25 bits per heavy atom. The quantitative estimate of drug-likeness (QED) is 0.921. The Hall–Kier alpha value is -2.31. The lowest BCUT2D eigenvalue weighted by atomic mass is 10.1. The summed E-state index contributed by atoms with van der Waals surface area (Å²) in [7, 11) is 0. The van der Waals surface area contributed by atoms with E-state index in [1.54, 1.807) is 0 Å². The van der Waals surface area contributed by atoms with Crippen molar-refractivity contribution in [1.82, 2.24) is 9.78 Å². The number of alkyl halides is 3. The first-order valence-electron chi connectivity index (χ1n) is 5.68. The summed E-state index contributed by atoms with van der Waals surface area (Å²) in [5.41, 5.74) is -0.298. The van der Waals surface area contributed by atoms with Gasteiger partial charge in [-0.3, -0.25) is 0 Å². The monoisotopic (exact) mass is 284 g/mol. The topological polar surface area (TPSA) is 55.1 Å². The maximum absolute atomic E-state index is 12.8. The van der Waals surface area contributed by atoms with Crippen LogP contribution in [-0.4, -0.2) is 20.9 Å². The van der Waals surface area contributed by atoms with Crippen LogP contribution in [0.5, 0.6) is 0 Å². The minimum absolute atomic E-state index is 0.101. The molecule has 1 aromatic carbocycles. The van der Waals surface area contributed by atoms with Gasteiger partial charge in [0.15, 0.2) is 5.69 Å². The van der Waals surface area contributed by atoms with Crippen molar-refractivity contribution < 1.29 is 23.1 Å². The molecule has 0 bridgehead atoms. The first kappa shape index (κ1) is 14.1. The third-order valence-electron chi connectivity index (χ3n) is 2.89. The molecule has 0 amide bonds. The predicted octanol–water partition coefficient (Wildman–Crippen LogP) is 3.21. The van der Waals surface area contributed by atoms with Crippen LogP contribution in [0.2, 0.25) is 0 Å². The Balaban J connectivity index is 2.54. The number of halogens is 3. The molecule has 1 aromatic heterocycles. The van der Waals surface area contributed by atoms with Crippen molar-refractivity contribution in [1.29, 1.82) is 0 Å². The lowest BCUT2D eigenvalue weighted by Crippen LogP contribution is -2.09. The molecule has 0 spiro atoms. The average Bonchev–Trinajstić information content (AvgIpc) is 2.70. The lowest BCUT2D eigenvalue weighted by Gasteiger charge is -2.12. The van der Waals surface area contributed by atoms with Gasteiger partial charge in [-0.2, -0.15) is 18.3 Å². The van der Waals surface area contributed by atoms with Crippen LogP contribution < -0.4 is 0 Å². The first-order valence-corrected chi connectivity index (χ1v) is 5.68. The molecule has 0 radical (unpaired) electrons. The van der Waals surface area contributed by atoms with E-state index < -0.39 is 17.7 Å². The molecule has 2 rings (SSSR count). The van der Waals surface area contributed by atoms with Gasteiger partial charge >= 0.3 is 12.1 Å². The molecule has 2 aromatic rings. The zero-order chi connectivity index (χ0) is 15.1. The van der Waals surface area contributed by atoms with Gasteiger partial charge in [0.2, 0.25) is 0 Å². The number of hydrogen-bond acceptors (Lipinski definition) is 2. The molecule has 0 unspecified atom stereocenters. The molecule has 0 aliphatic rings. The van der Waals surface area contributed by atoms with Crippen LogP contribution in [0, 0.1) is 13.8 Å². The van der Waals surface area contributed by atoms with Crippen LogP contribution in [0.4, 0.5) is 13.2 Å². The molecule has 0 aliphatic carbocycles. The van der Waals surface area contributed by atoms with Crippen molar-refractivity contribution in [3.63, 3.8) is 0 Å². The zero-order valence-corrected chi connectivity index (χ0v) is 10.7. The lowest BCUT2D eigenvalue weighted by molar-refractivity contribution is -0.138. The number of carboxylic acid groups (broad SMARTS) is 1. The van der Waals surface area contributed by atoms with Crippen LogP contribution in [0.3, 0.4) is 0 Å². The van der Waals surface area contributed by atoms with E-state index in [1.807, 2.05) is 0 Å². The van der Waals surface area contributed by atoms with Gasteiger partial charge in [0, 0.05) is 11.8 Å². The summed E-state index contributed by atoms with van der Waals surface area (Å²) in [4.78, 5) is 10.9. The SMILES string of the molecule is Cc1ccc(-n2cc(C)c(C(=O)O)n2)cc1C(F)(F)F. The highest BCUT2D eigenvalue weighted by atomic mass is 19.4. The number of nitrogens with zero attached hydrogens (tertiary/aromatic N) is 2. The van der Waals surface area contributed by atoms with E-state index in [-0.39, 0.29) is 16.9 Å². The number of rotatable bonds is 2. The smallest absolute Gasteiger partial charge is 0.416 e. The van der Waals surface area contributed by atoms with E-state index >= 15 is 0 Å². The highest BCUT2D eigenvalue weighted by Gasteiger charge is 2.32. The zero-order valence-electron chi connectivity index (χ0n) is 10.7. The normalized spacial score (nSPS) is 11.7. The molecule has 1 heterocycles. The van der Waals surface area contributed by atoms with E-state index in [0.717, 1.165) is 10.7 Å². The minimum Gasteiger partial charge on any atom is -0.476 e. The highest BCUT2D eigenvalue weighted by molar-refractivity contribution is 5.86. The first-order chi connectivity index (χ1) is 9.20. The number of aryl methyl sites for hydroxylation is 2. The summed E-state index contributed by atoms with van der Waals surface area (Å²) in [6.07, 6.45) is -3.08. The fraction of sp³-hybridized carbons (Fsp3) is 0.231. The standard InChI is InChI=1S/C13H11F3N2O2/c1-7-3-4-9(5-10(7)13(14,15)16)18-6-8(2)11(17-18)12(19)20/h3-6H,1-2H3,(H,19,20). The third kappa shape index (κ3) is 2.52. The van der Waals surface area contributed by atoms with Crippen LogP contribution in [-0.2, 0) is 6.18 Å². The van der Waals surface area contributed by atoms with E-state index in [2.05, 4.69) is 5.10 Å². The Bertz CT molecular complexity index is 675. The summed E-state index contributed by atoms with van der Waals surface area (Å²) in [5.74, 6) is -1.22. The van der Waals surface area contributed by atoms with Crippen molar-refractivity contribution >= 4 is 5.97 Å². The Kier molecular flexibility index (Phi) is 3.29. The second-order valence-electron chi connectivity index (χ2n) is 4.41. The molecule has 4 nitrogen and oxygen atoms in total. The Morgan fingerprint density at radius 3 is 2.40 bits per heavy atom. The molecule has 0 saturated heterocycles. The second-order valence-corrected chi connectivity index (χ2v) is 4.41. The van der Waals surface area contributed by atoms with Gasteiger partial charge in [-0.25, -0.2) is 9.48 Å². The minimum atomic E-state index is -4.46. The van der Waals surface area contributed by atoms with E-state index in [4.69, 9.17) is 5.11 Å². The fourth-order valence-corrected chi connectivity index (χ4v) is 1.86. The Labute approximate surface area is 112 Å². The van der Waals surface area contributed by atoms with Gasteiger partial charge in [0.05, 0.1) is 11.3 Å². The van der Waals surface area contributed by atoms with E-state index in [0.29, 0.717) is 5.56 Å². The molecule has 106 valence electrons. The van der Waals surface area contributed by atoms with Gasteiger partial charge in [0.1, 0.15) is 0 Å². The summed E-state index contributed by atoms with van der Waals surface area (Å²) >= 11 is 0. The average molecular weight is 284 g/mol. The van der Waals surface area contributed by atoms with Gasteiger partial charge in [-0.05, 0) is 31.5 Å². The van der Waals surface area contributed by atoms with E-state index in [9.17, 15) is 18.0 Å². The summed E-state index contributed by atoms with van der Waals surface area (Å²) in [6.45, 7) is 2.90.